The Morgan fingerprint density at radius 3 is 2.84 bits per heavy atom. The first kappa shape index (κ1) is 12.8. The number of nitrogens with zero attached hydrogens (tertiary/aromatic N) is 1. The van der Waals surface area contributed by atoms with Gasteiger partial charge in [-0.1, -0.05) is 30.3 Å². The second kappa shape index (κ2) is 5.43. The standard InChI is InChI=1S/C16H21NO2/c1-12(18)10-14-8-5-9-16-17(14)15(11-19-16)13-6-3-2-4-7-13/h2-4,6-7,14-16H,5,8-11H2,1H3/t14-,15+,16-/m1/s1. The molecule has 3 atom stereocenters. The van der Waals surface area contributed by atoms with Crippen LogP contribution >= 0.6 is 0 Å². The van der Waals surface area contributed by atoms with Crippen LogP contribution in [-0.2, 0) is 9.53 Å². The van der Waals surface area contributed by atoms with Crippen molar-refractivity contribution in [2.75, 3.05) is 6.61 Å². The maximum atomic E-state index is 11.5. The zero-order valence-corrected chi connectivity index (χ0v) is 11.4. The Bertz CT molecular complexity index is 445. The van der Waals surface area contributed by atoms with Gasteiger partial charge in [0.25, 0.3) is 0 Å². The average molecular weight is 259 g/mol. The van der Waals surface area contributed by atoms with Crippen molar-refractivity contribution in [2.45, 2.75) is 50.9 Å². The number of fused-ring (bicyclic) bond motifs is 1. The van der Waals surface area contributed by atoms with Crippen molar-refractivity contribution < 1.29 is 9.53 Å². The molecule has 19 heavy (non-hydrogen) atoms. The maximum absolute atomic E-state index is 11.5. The van der Waals surface area contributed by atoms with E-state index in [1.165, 1.54) is 12.0 Å². The Kier molecular flexibility index (Phi) is 3.67. The number of benzene rings is 1. The first-order valence-corrected chi connectivity index (χ1v) is 7.19. The van der Waals surface area contributed by atoms with E-state index in [0.717, 1.165) is 19.4 Å². The largest absolute Gasteiger partial charge is 0.361 e. The normalized spacial score (nSPS) is 31.1. The van der Waals surface area contributed by atoms with Crippen LogP contribution in [0.15, 0.2) is 30.3 Å². The lowest BCUT2D eigenvalue weighted by atomic mass is 9.94. The summed E-state index contributed by atoms with van der Waals surface area (Å²) in [5.74, 6) is 0.282. The van der Waals surface area contributed by atoms with Crippen molar-refractivity contribution in [3.05, 3.63) is 35.9 Å². The quantitative estimate of drug-likeness (QED) is 0.836. The number of carbonyl (C=O) groups is 1. The Morgan fingerprint density at radius 1 is 1.32 bits per heavy atom. The van der Waals surface area contributed by atoms with Crippen LogP contribution in [0.5, 0.6) is 0 Å². The van der Waals surface area contributed by atoms with E-state index in [-0.39, 0.29) is 12.0 Å². The number of hydrogen-bond acceptors (Lipinski definition) is 3. The number of ether oxygens (including phenoxy) is 1. The van der Waals surface area contributed by atoms with E-state index in [2.05, 4.69) is 29.2 Å². The summed E-state index contributed by atoms with van der Waals surface area (Å²) < 4.78 is 5.95. The summed E-state index contributed by atoms with van der Waals surface area (Å²) in [5.41, 5.74) is 1.31. The number of carbonyl (C=O) groups excluding carboxylic acids is 1. The van der Waals surface area contributed by atoms with Gasteiger partial charge in [0, 0.05) is 12.5 Å². The van der Waals surface area contributed by atoms with Gasteiger partial charge in [0.2, 0.25) is 0 Å². The highest BCUT2D eigenvalue weighted by Crippen LogP contribution is 2.39. The fourth-order valence-corrected chi connectivity index (χ4v) is 3.46. The lowest BCUT2D eigenvalue weighted by Gasteiger charge is -2.39. The van der Waals surface area contributed by atoms with Crippen molar-refractivity contribution in [2.24, 2.45) is 0 Å². The third-order valence-corrected chi connectivity index (χ3v) is 4.26. The van der Waals surface area contributed by atoms with Crippen LogP contribution in [0.4, 0.5) is 0 Å². The van der Waals surface area contributed by atoms with Crippen molar-refractivity contribution in [3.8, 4) is 0 Å². The molecule has 0 radical (unpaired) electrons. The molecule has 0 unspecified atom stereocenters. The lowest BCUT2D eigenvalue weighted by Crippen LogP contribution is -2.45. The molecule has 2 aliphatic rings. The van der Waals surface area contributed by atoms with Gasteiger partial charge in [-0.25, -0.2) is 0 Å². The zero-order valence-electron chi connectivity index (χ0n) is 11.4. The smallest absolute Gasteiger partial charge is 0.131 e. The minimum absolute atomic E-state index is 0.211. The molecule has 1 aromatic carbocycles. The van der Waals surface area contributed by atoms with E-state index in [9.17, 15) is 4.79 Å². The molecule has 0 saturated carbocycles. The van der Waals surface area contributed by atoms with Gasteiger partial charge in [-0.15, -0.1) is 0 Å². The minimum atomic E-state index is 0.211. The summed E-state index contributed by atoms with van der Waals surface area (Å²) in [7, 11) is 0. The summed E-state index contributed by atoms with van der Waals surface area (Å²) in [6.45, 7) is 2.45. The van der Waals surface area contributed by atoms with Crippen molar-refractivity contribution in [3.63, 3.8) is 0 Å². The van der Waals surface area contributed by atoms with E-state index < -0.39 is 0 Å². The molecule has 0 N–H and O–H groups in total. The Morgan fingerprint density at radius 2 is 2.11 bits per heavy atom. The molecule has 0 amide bonds. The molecule has 102 valence electrons. The van der Waals surface area contributed by atoms with Crippen LogP contribution < -0.4 is 0 Å². The molecule has 2 heterocycles. The van der Waals surface area contributed by atoms with Crippen LogP contribution in [0.2, 0.25) is 0 Å². The SMILES string of the molecule is CC(=O)C[C@H]1CCC[C@H]2OC[C@@H](c3ccccc3)N12. The monoisotopic (exact) mass is 259 g/mol. The summed E-state index contributed by atoms with van der Waals surface area (Å²) in [5, 5.41) is 0. The van der Waals surface area contributed by atoms with Gasteiger partial charge in [-0.05, 0) is 31.7 Å². The molecule has 3 rings (SSSR count). The Labute approximate surface area is 114 Å². The third-order valence-electron chi connectivity index (χ3n) is 4.26. The third kappa shape index (κ3) is 2.58. The van der Waals surface area contributed by atoms with Gasteiger partial charge in [0.05, 0.1) is 12.6 Å². The topological polar surface area (TPSA) is 29.5 Å². The number of rotatable bonds is 3. The highest BCUT2D eigenvalue weighted by molar-refractivity contribution is 5.76. The van der Waals surface area contributed by atoms with Crippen molar-refractivity contribution >= 4 is 5.78 Å². The number of piperidine rings is 1. The van der Waals surface area contributed by atoms with Gasteiger partial charge in [0.15, 0.2) is 0 Å². The molecule has 3 heteroatoms. The van der Waals surface area contributed by atoms with Crippen LogP contribution in [0.1, 0.15) is 44.2 Å². The summed E-state index contributed by atoms with van der Waals surface area (Å²) in [4.78, 5) is 13.9. The Hall–Kier alpha value is -1.19. The minimum Gasteiger partial charge on any atom is -0.361 e. The Balaban J connectivity index is 1.84. The van der Waals surface area contributed by atoms with Gasteiger partial charge in [-0.3, -0.25) is 9.69 Å². The van der Waals surface area contributed by atoms with Gasteiger partial charge in [-0.2, -0.15) is 0 Å². The summed E-state index contributed by atoms with van der Waals surface area (Å²) in [6, 6.07) is 11.2. The number of Topliss-reactive ketones (excluding diaryl/α,β-unsaturated/α-hetero) is 1. The fraction of sp³-hybridized carbons (Fsp3) is 0.562. The molecule has 2 fully saturated rings. The zero-order chi connectivity index (χ0) is 13.2. The molecule has 0 bridgehead atoms. The van der Waals surface area contributed by atoms with Crippen LogP contribution in [0, 0.1) is 0 Å². The summed E-state index contributed by atoms with van der Waals surface area (Å²) >= 11 is 0. The van der Waals surface area contributed by atoms with Gasteiger partial charge >= 0.3 is 0 Å². The molecular formula is C16H21NO2. The molecule has 0 aromatic heterocycles. The van der Waals surface area contributed by atoms with E-state index in [0.29, 0.717) is 18.5 Å². The van der Waals surface area contributed by atoms with Crippen molar-refractivity contribution in [1.29, 1.82) is 0 Å². The van der Waals surface area contributed by atoms with Crippen LogP contribution in [0.25, 0.3) is 0 Å². The highest BCUT2D eigenvalue weighted by atomic mass is 16.5. The van der Waals surface area contributed by atoms with Crippen LogP contribution in [0.3, 0.4) is 0 Å². The lowest BCUT2D eigenvalue weighted by molar-refractivity contribution is -0.119. The van der Waals surface area contributed by atoms with E-state index in [1.807, 2.05) is 6.07 Å². The van der Waals surface area contributed by atoms with Gasteiger partial charge in [0.1, 0.15) is 12.0 Å². The molecule has 2 saturated heterocycles. The van der Waals surface area contributed by atoms with E-state index >= 15 is 0 Å². The predicted molar refractivity (Wildman–Crippen MR) is 73.7 cm³/mol. The molecule has 0 aliphatic carbocycles. The second-order valence-electron chi connectivity index (χ2n) is 5.65. The van der Waals surface area contributed by atoms with Crippen molar-refractivity contribution in [1.82, 2.24) is 4.90 Å². The average Bonchev–Trinajstić information content (AvgIpc) is 2.84. The first-order chi connectivity index (χ1) is 9.25. The van der Waals surface area contributed by atoms with Crippen LogP contribution in [-0.4, -0.2) is 29.6 Å². The summed E-state index contributed by atoms with van der Waals surface area (Å²) in [6.07, 6.45) is 4.24. The number of hydrogen-bond donors (Lipinski definition) is 0. The predicted octanol–water partition coefficient (Wildman–Crippen LogP) is 2.92. The number of ketones is 1. The molecule has 3 nitrogen and oxygen atoms in total. The molecule has 0 spiro atoms. The fourth-order valence-electron chi connectivity index (χ4n) is 3.46. The molecule has 2 aliphatic heterocycles. The van der Waals surface area contributed by atoms with E-state index in [4.69, 9.17) is 4.74 Å². The first-order valence-electron chi connectivity index (χ1n) is 7.19. The van der Waals surface area contributed by atoms with Gasteiger partial charge < -0.3 is 4.74 Å². The second-order valence-corrected chi connectivity index (χ2v) is 5.65. The molecule has 1 aromatic rings. The van der Waals surface area contributed by atoms with E-state index in [1.54, 1.807) is 6.92 Å². The maximum Gasteiger partial charge on any atom is 0.131 e. The molecular weight excluding hydrogens is 238 g/mol. The highest BCUT2D eigenvalue weighted by Gasteiger charge is 2.42.